The van der Waals surface area contributed by atoms with Crippen LogP contribution in [0.4, 0.5) is 0 Å². The molecule has 0 heterocycles. The van der Waals surface area contributed by atoms with E-state index in [-0.39, 0.29) is 0 Å². The van der Waals surface area contributed by atoms with Crippen LogP contribution in [0.25, 0.3) is 0 Å². The Kier molecular flexibility index (Phi) is 4.42. The first-order chi connectivity index (χ1) is 8.35. The summed E-state index contributed by atoms with van der Waals surface area (Å²) in [6.45, 7) is 7.67. The molecule has 0 fully saturated rings. The van der Waals surface area contributed by atoms with Crippen molar-refractivity contribution in [1.29, 1.82) is 0 Å². The molecule has 0 radical (unpaired) electrons. The average Bonchev–Trinajstić information content (AvgIpc) is 2.92. The van der Waals surface area contributed by atoms with Gasteiger partial charge in [0, 0.05) is 0 Å². The molecule has 0 aromatic rings. The maximum atomic E-state index is 3.83. The van der Waals surface area contributed by atoms with Gasteiger partial charge in [0.15, 0.2) is 0 Å². The van der Waals surface area contributed by atoms with E-state index in [0.29, 0.717) is 0 Å². The molecule has 0 saturated carbocycles. The van der Waals surface area contributed by atoms with E-state index in [9.17, 15) is 0 Å². The van der Waals surface area contributed by atoms with Crippen molar-refractivity contribution in [2.75, 3.05) is 0 Å². The molecule has 0 unspecified atom stereocenters. The van der Waals surface area contributed by atoms with Gasteiger partial charge in [0.05, 0.1) is 0 Å². The third-order valence-corrected chi connectivity index (χ3v) is 4.84. The Morgan fingerprint density at radius 1 is 0.941 bits per heavy atom. The molecule has 0 amide bonds. The monoisotopic (exact) mass is 265 g/mol. The molecule has 0 atom stereocenters. The second-order valence-electron chi connectivity index (χ2n) is 4.15. The summed E-state index contributed by atoms with van der Waals surface area (Å²) in [5.41, 5.74) is 2.97. The summed E-state index contributed by atoms with van der Waals surface area (Å²) >= 11 is 0.824. The summed E-state index contributed by atoms with van der Waals surface area (Å²) in [4.78, 5) is 0. The average molecular weight is 265 g/mol. The van der Waals surface area contributed by atoms with Crippen LogP contribution in [0.3, 0.4) is 0 Å². The Balaban J connectivity index is 2.11. The molecule has 2 aliphatic carbocycles. The van der Waals surface area contributed by atoms with Crippen LogP contribution in [0.5, 0.6) is 0 Å². The first-order valence-electron chi connectivity index (χ1n) is 5.99. The van der Waals surface area contributed by atoms with E-state index < -0.39 is 0 Å². The topological polar surface area (TPSA) is 0 Å². The summed E-state index contributed by atoms with van der Waals surface area (Å²) in [7, 11) is 0. The van der Waals surface area contributed by atoms with Crippen LogP contribution in [-0.2, 0) is 15.0 Å². The van der Waals surface area contributed by atoms with Gasteiger partial charge in [-0.25, -0.2) is 0 Å². The molecular weight excluding hydrogens is 247 g/mol. The van der Waals surface area contributed by atoms with Crippen LogP contribution in [-0.4, -0.2) is 0 Å². The van der Waals surface area contributed by atoms with Gasteiger partial charge in [0.2, 0.25) is 0 Å². The van der Waals surface area contributed by atoms with Gasteiger partial charge in [-0.15, -0.1) is 0 Å². The van der Waals surface area contributed by atoms with Crippen LogP contribution in [0.1, 0.15) is 25.7 Å². The fraction of sp³-hybridized carbons (Fsp3) is 0.250. The Labute approximate surface area is 110 Å². The van der Waals surface area contributed by atoms with Gasteiger partial charge in [-0.3, -0.25) is 0 Å². The van der Waals surface area contributed by atoms with Crippen molar-refractivity contribution in [1.82, 2.24) is 0 Å². The third-order valence-electron chi connectivity index (χ3n) is 2.89. The van der Waals surface area contributed by atoms with Crippen LogP contribution in [0, 0.1) is 0 Å². The van der Waals surface area contributed by atoms with Gasteiger partial charge in [0.1, 0.15) is 0 Å². The molecule has 89 valence electrons. The van der Waals surface area contributed by atoms with Crippen molar-refractivity contribution >= 4 is 0 Å². The van der Waals surface area contributed by atoms with Crippen LogP contribution < -0.4 is 0 Å². The minimum atomic E-state index is 0.824. The Hall–Kier alpha value is -1.04. The van der Waals surface area contributed by atoms with E-state index in [1.54, 1.807) is 8.94 Å². The summed E-state index contributed by atoms with van der Waals surface area (Å²) in [5, 5.41) is 0. The second kappa shape index (κ2) is 6.05. The first kappa shape index (κ1) is 12.4. The van der Waals surface area contributed by atoms with Crippen LogP contribution in [0.2, 0.25) is 0 Å². The van der Waals surface area contributed by atoms with E-state index in [1.807, 2.05) is 12.2 Å². The minimum absolute atomic E-state index is 0.824. The van der Waals surface area contributed by atoms with E-state index in [1.165, 1.54) is 11.1 Å². The quantitative estimate of drug-likeness (QED) is 0.484. The van der Waals surface area contributed by atoms with Crippen LogP contribution >= 0.6 is 0 Å². The van der Waals surface area contributed by atoms with Gasteiger partial charge in [0.25, 0.3) is 0 Å². The fourth-order valence-electron chi connectivity index (χ4n) is 2.06. The molecule has 17 heavy (non-hydrogen) atoms. The summed E-state index contributed by atoms with van der Waals surface area (Å²) in [6, 6.07) is 0. The fourth-order valence-corrected chi connectivity index (χ4v) is 3.82. The van der Waals surface area contributed by atoms with Gasteiger partial charge in [-0.2, -0.15) is 0 Å². The Morgan fingerprint density at radius 2 is 1.41 bits per heavy atom. The summed E-state index contributed by atoms with van der Waals surface area (Å²) < 4.78 is 3.21. The SMILES string of the molecule is C=CCC1=[C]([Mn][C]2=C(CC=C)C=CC2)CC=C1. The number of hydrogen-bond acceptors (Lipinski definition) is 0. The van der Waals surface area contributed by atoms with Crippen molar-refractivity contribution in [3.8, 4) is 0 Å². The maximum absolute atomic E-state index is 3.83. The van der Waals surface area contributed by atoms with E-state index in [0.717, 1.165) is 40.6 Å². The van der Waals surface area contributed by atoms with E-state index in [4.69, 9.17) is 0 Å². The standard InChI is InChI=1S/2C8H9.Mn/c2*1-2-5-8-6-3-4-7-8;/h2*2-3,6H,1,4-5H2;. The molecule has 1 heteroatoms. The van der Waals surface area contributed by atoms with Crippen molar-refractivity contribution in [2.24, 2.45) is 0 Å². The molecule has 2 rings (SSSR count). The van der Waals surface area contributed by atoms with Crippen molar-refractivity contribution in [2.45, 2.75) is 25.7 Å². The molecular formula is C16H18Mn. The van der Waals surface area contributed by atoms with Gasteiger partial charge >= 0.3 is 110 Å². The Morgan fingerprint density at radius 3 is 1.82 bits per heavy atom. The number of hydrogen-bond donors (Lipinski definition) is 0. The number of allylic oxidation sites excluding steroid dienone is 10. The number of rotatable bonds is 6. The molecule has 0 aliphatic heterocycles. The second-order valence-corrected chi connectivity index (χ2v) is 5.87. The molecule has 0 aromatic carbocycles. The molecule has 0 saturated heterocycles. The molecule has 0 nitrogen and oxygen atoms in total. The third kappa shape index (κ3) is 3.00. The Bertz CT molecular complexity index is 402. The summed E-state index contributed by atoms with van der Waals surface area (Å²) in [6.07, 6.45) is 17.4. The molecule has 0 aromatic heterocycles. The molecule has 0 N–H and O–H groups in total. The van der Waals surface area contributed by atoms with Crippen molar-refractivity contribution in [3.05, 3.63) is 69.7 Å². The van der Waals surface area contributed by atoms with E-state index in [2.05, 4.69) is 37.5 Å². The van der Waals surface area contributed by atoms with E-state index >= 15 is 0 Å². The zero-order chi connectivity index (χ0) is 12.1. The van der Waals surface area contributed by atoms with Gasteiger partial charge in [-0.05, 0) is 0 Å². The van der Waals surface area contributed by atoms with Crippen molar-refractivity contribution in [3.63, 3.8) is 0 Å². The summed E-state index contributed by atoms with van der Waals surface area (Å²) in [5.74, 6) is 0. The molecule has 2 aliphatic rings. The van der Waals surface area contributed by atoms with Gasteiger partial charge < -0.3 is 0 Å². The van der Waals surface area contributed by atoms with Crippen LogP contribution in [0.15, 0.2) is 69.7 Å². The predicted molar refractivity (Wildman–Crippen MR) is 71.2 cm³/mol. The zero-order valence-electron chi connectivity index (χ0n) is 10.1. The van der Waals surface area contributed by atoms with Gasteiger partial charge in [-0.1, -0.05) is 0 Å². The molecule has 0 bridgehead atoms. The zero-order valence-corrected chi connectivity index (χ0v) is 11.3. The predicted octanol–water partition coefficient (Wildman–Crippen LogP) is 4.65. The van der Waals surface area contributed by atoms with Crippen molar-refractivity contribution < 1.29 is 15.0 Å². The molecule has 0 spiro atoms. The normalized spacial score (nSPS) is 18.4. The first-order valence-corrected chi connectivity index (χ1v) is 7.17.